The van der Waals surface area contributed by atoms with Crippen LogP contribution in [0.25, 0.3) is 101 Å². The molecule has 0 atom stereocenters. The third-order valence-electron chi connectivity index (χ3n) is 16.9. The van der Waals surface area contributed by atoms with Crippen LogP contribution in [0.5, 0.6) is 11.5 Å². The van der Waals surface area contributed by atoms with Crippen LogP contribution in [0, 0.1) is 0 Å². The van der Waals surface area contributed by atoms with Gasteiger partial charge in [0.05, 0.1) is 26.4 Å². The predicted octanol–water partition coefficient (Wildman–Crippen LogP) is 21.7. The minimum absolute atomic E-state index is 0.425. The smallest absolute Gasteiger partial charge is 0.119 e. The number of rotatable bonds is 22. The van der Waals surface area contributed by atoms with Gasteiger partial charge in [-0.2, -0.15) is 0 Å². The number of hydrogen-bond donors (Lipinski definition) is 0. The van der Waals surface area contributed by atoms with Gasteiger partial charge in [0.15, 0.2) is 0 Å². The molecule has 0 unspecified atom stereocenters. The van der Waals surface area contributed by atoms with E-state index in [1.54, 1.807) is 0 Å². The first kappa shape index (κ1) is 61.7. The first-order valence-electron chi connectivity index (χ1n) is 32.5. The number of benzene rings is 12. The highest BCUT2D eigenvalue weighted by Crippen LogP contribution is 2.29. The van der Waals surface area contributed by atoms with E-state index >= 15 is 0 Å². The van der Waals surface area contributed by atoms with Crippen LogP contribution in [0.15, 0.2) is 316 Å². The molecule has 7 heterocycles. The van der Waals surface area contributed by atoms with Crippen LogP contribution in [-0.4, -0.2) is 44.7 Å². The Labute approximate surface area is 550 Å². The van der Waals surface area contributed by atoms with E-state index in [4.69, 9.17) is 18.9 Å². The normalized spacial score (nSPS) is 11.1. The summed E-state index contributed by atoms with van der Waals surface area (Å²) in [6, 6.07) is 108. The minimum Gasteiger partial charge on any atom is -0.494 e. The summed E-state index contributed by atoms with van der Waals surface area (Å²) < 4.78 is 34.7. The van der Waals surface area contributed by atoms with Crippen LogP contribution in [0.3, 0.4) is 0 Å². The molecule has 464 valence electrons. The first-order valence-corrected chi connectivity index (χ1v) is 32.5. The van der Waals surface area contributed by atoms with Crippen molar-refractivity contribution in [3.05, 3.63) is 339 Å². The standard InChI is InChI=1S/C86H76N4O4/c1-3-65-29-49-85(50-30-65)93-55-19-17-53-91-63-67-57-81-61-82(58-67)88(74-23-11-6-12-24-74)78-43-35-70(36-44-78)72-39-47-80(48-40-72)90(76-27-15-8-16-28-76)84-60-68(64-92-54-18-20-56-94-86-51-31-66(4-2)32-52-86)59-83(62-84)89(75-25-13-7-14-26-75)79-45-37-71(38-46-79)69-33-41-77(42-34-69)87(81)73-21-9-5-10-22-73/h3-16,21-52,57-62H,1-2,17-20,53-56,63-64H2. The van der Waals surface area contributed by atoms with Gasteiger partial charge in [0.25, 0.3) is 0 Å². The molecule has 0 radical (unpaired) electrons. The van der Waals surface area contributed by atoms with Gasteiger partial charge in [-0.25, -0.2) is 0 Å². The van der Waals surface area contributed by atoms with E-state index in [2.05, 4.69) is 286 Å². The molecule has 0 aliphatic heterocycles. The zero-order valence-corrected chi connectivity index (χ0v) is 52.9. The SMILES string of the molecule is C=Cc1ccc(OCCCCOCc2cc3cc(c2)n(-c2ccccc2)c2ccc(cc2)c2ccc(cc2)n(-c2ccccc2)c2cc(COCCCCOc4ccc(C=C)cc4)cc(c2)n(-c2ccccc2)c2ccc(cc2)c2ccc(cc2)n3-c2ccccc2)cc1. The molecule has 0 aliphatic carbocycles. The summed E-state index contributed by atoms with van der Waals surface area (Å²) in [4.78, 5) is 0. The summed E-state index contributed by atoms with van der Waals surface area (Å²) in [5.41, 5.74) is 16.5. The van der Waals surface area contributed by atoms with E-state index in [0.717, 1.165) is 148 Å². The zero-order valence-electron chi connectivity index (χ0n) is 52.9. The Balaban J connectivity index is 0.965. The molecule has 0 N–H and O–H groups in total. The van der Waals surface area contributed by atoms with Crippen molar-refractivity contribution in [2.45, 2.75) is 38.9 Å². The van der Waals surface area contributed by atoms with Gasteiger partial charge in [-0.1, -0.05) is 171 Å². The second-order valence-electron chi connectivity index (χ2n) is 23.3. The van der Waals surface area contributed by atoms with Crippen molar-refractivity contribution in [3.63, 3.8) is 0 Å². The maximum atomic E-state index is 6.57. The van der Waals surface area contributed by atoms with Gasteiger partial charge in [0.2, 0.25) is 0 Å². The topological polar surface area (TPSA) is 56.6 Å². The molecule has 8 nitrogen and oxygen atoms in total. The number of ether oxygens (including phenoxy) is 4. The Morgan fingerprint density at radius 1 is 0.255 bits per heavy atom. The van der Waals surface area contributed by atoms with Crippen molar-refractivity contribution >= 4 is 77.8 Å². The fourth-order valence-electron chi connectivity index (χ4n) is 12.1. The largest absolute Gasteiger partial charge is 0.494 e. The molecular formula is C86H76N4O4. The van der Waals surface area contributed by atoms with Crippen LogP contribution in [0.2, 0.25) is 0 Å². The van der Waals surface area contributed by atoms with E-state index in [1.807, 2.05) is 60.7 Å². The summed E-state index contributed by atoms with van der Waals surface area (Å²) >= 11 is 0. The molecule has 0 fully saturated rings. The average Bonchev–Trinajstić information content (AvgIpc) is 0.863. The highest BCUT2D eigenvalue weighted by Gasteiger charge is 2.11. The van der Waals surface area contributed by atoms with E-state index in [1.165, 1.54) is 0 Å². The predicted molar refractivity (Wildman–Crippen MR) is 392 cm³/mol. The lowest BCUT2D eigenvalue weighted by molar-refractivity contribution is 0.114. The molecule has 94 heavy (non-hydrogen) atoms. The maximum Gasteiger partial charge on any atom is 0.119 e. The van der Waals surface area contributed by atoms with Crippen LogP contribution < -0.4 is 9.47 Å². The lowest BCUT2D eigenvalue weighted by atomic mass is 10.1. The van der Waals surface area contributed by atoms with E-state index < -0.39 is 0 Å². The van der Waals surface area contributed by atoms with Crippen molar-refractivity contribution in [1.82, 2.24) is 18.3 Å². The third-order valence-corrected chi connectivity index (χ3v) is 16.9. The second-order valence-corrected chi connectivity index (χ2v) is 23.3. The molecule has 8 heteroatoms. The summed E-state index contributed by atoms with van der Waals surface area (Å²) in [6.45, 7) is 11.0. The van der Waals surface area contributed by atoms with Crippen LogP contribution in [0.1, 0.15) is 47.9 Å². The van der Waals surface area contributed by atoms with Gasteiger partial charge >= 0.3 is 0 Å². The lowest BCUT2D eigenvalue weighted by Crippen LogP contribution is -2.03. The van der Waals surface area contributed by atoms with Crippen LogP contribution in [-0.2, 0) is 22.7 Å². The number of hydrogen-bond acceptors (Lipinski definition) is 4. The highest BCUT2D eigenvalue weighted by molar-refractivity contribution is 5.87. The fourth-order valence-corrected chi connectivity index (χ4v) is 12.1. The third kappa shape index (κ3) is 15.1. The van der Waals surface area contributed by atoms with Gasteiger partial charge in [-0.05, 0) is 227 Å². The Kier molecular flexibility index (Phi) is 19.9. The number of para-hydroxylation sites is 4. The molecule has 0 spiro atoms. The second kappa shape index (κ2) is 30.3. The molecule has 0 amide bonds. The summed E-state index contributed by atoms with van der Waals surface area (Å²) in [5, 5.41) is 4.42. The van der Waals surface area contributed by atoms with Gasteiger partial charge in [-0.15, -0.1) is 0 Å². The van der Waals surface area contributed by atoms with Crippen molar-refractivity contribution in [3.8, 4) is 34.2 Å². The van der Waals surface area contributed by atoms with Crippen LogP contribution in [0.4, 0.5) is 0 Å². The van der Waals surface area contributed by atoms with Crippen molar-refractivity contribution in [2.24, 2.45) is 0 Å². The molecule has 12 bridgehead atoms. The van der Waals surface area contributed by atoms with Gasteiger partial charge in [-0.3, -0.25) is 0 Å². The number of aromatic nitrogens is 4. The quantitative estimate of drug-likeness (QED) is 0.0635. The molecule has 0 aliphatic rings. The Bertz CT molecular complexity index is 4350. The Morgan fingerprint density at radius 3 is 0.766 bits per heavy atom. The number of unbranched alkanes of at least 4 members (excludes halogenated alkanes) is 2. The first-order chi connectivity index (χ1) is 46.5. The number of nitrogens with zero attached hydrogens (tertiary/aromatic N) is 4. The summed E-state index contributed by atoms with van der Waals surface area (Å²) in [5.74, 6) is 1.72. The minimum atomic E-state index is 0.425. The monoisotopic (exact) mass is 1230 g/mol. The van der Waals surface area contributed by atoms with E-state index in [0.29, 0.717) is 39.6 Å². The molecule has 0 saturated heterocycles. The van der Waals surface area contributed by atoms with Crippen molar-refractivity contribution in [1.29, 1.82) is 0 Å². The van der Waals surface area contributed by atoms with Crippen LogP contribution >= 0.6 is 0 Å². The molecular weight excluding hydrogens is 1150 g/mol. The highest BCUT2D eigenvalue weighted by atomic mass is 16.5. The molecule has 19 rings (SSSR count). The van der Waals surface area contributed by atoms with E-state index in [9.17, 15) is 0 Å². The Hall–Kier alpha value is -11.2. The van der Waals surface area contributed by atoms with Gasteiger partial charge in [0, 0.05) is 80.1 Å². The molecule has 12 aromatic carbocycles. The van der Waals surface area contributed by atoms with E-state index in [-0.39, 0.29) is 0 Å². The fraction of sp³-hybridized carbons (Fsp3) is 0.116. The van der Waals surface area contributed by atoms with Crippen molar-refractivity contribution < 1.29 is 18.9 Å². The lowest BCUT2D eigenvalue weighted by Gasteiger charge is -2.16. The average molecular weight is 1230 g/mol. The molecule has 19 aromatic rings. The Morgan fingerprint density at radius 2 is 0.511 bits per heavy atom. The van der Waals surface area contributed by atoms with Gasteiger partial charge in [0.1, 0.15) is 11.5 Å². The summed E-state index contributed by atoms with van der Waals surface area (Å²) in [7, 11) is 0. The molecule has 0 saturated carbocycles. The summed E-state index contributed by atoms with van der Waals surface area (Å²) in [6.07, 6.45) is 7.15. The van der Waals surface area contributed by atoms with Crippen molar-refractivity contribution in [2.75, 3.05) is 26.4 Å². The maximum absolute atomic E-state index is 6.57. The van der Waals surface area contributed by atoms with Gasteiger partial charge < -0.3 is 37.2 Å². The zero-order chi connectivity index (χ0) is 63.7. The molecule has 7 aromatic heterocycles.